The maximum Gasteiger partial charge on any atom is 0.230 e. The lowest BCUT2D eigenvalue weighted by Gasteiger charge is -2.41. The third-order valence-corrected chi connectivity index (χ3v) is 9.83. The lowest BCUT2D eigenvalue weighted by molar-refractivity contribution is 0.0662. The van der Waals surface area contributed by atoms with Gasteiger partial charge in [0.05, 0.1) is 29.0 Å². The number of nitrogens with zero attached hydrogens (tertiary/aromatic N) is 7. The van der Waals surface area contributed by atoms with Crippen LogP contribution in [0.1, 0.15) is 56.7 Å². The van der Waals surface area contributed by atoms with E-state index in [4.69, 9.17) is 14.7 Å². The Balaban J connectivity index is 1.04. The van der Waals surface area contributed by atoms with Crippen LogP contribution in [-0.4, -0.2) is 91.4 Å². The normalized spacial score (nSPS) is 29.4. The van der Waals surface area contributed by atoms with Crippen molar-refractivity contribution in [3.8, 4) is 0 Å². The zero-order chi connectivity index (χ0) is 24.9. The number of rotatable bonds is 6. The molecule has 3 aromatic rings. The van der Waals surface area contributed by atoms with Crippen molar-refractivity contribution >= 4 is 39.2 Å². The van der Waals surface area contributed by atoms with Crippen LogP contribution in [0.4, 0.5) is 17.5 Å². The van der Waals surface area contributed by atoms with E-state index < -0.39 is 0 Å². The average Bonchev–Trinajstić information content (AvgIpc) is 3.70. The number of piperazine rings is 1. The fourth-order valence-corrected chi connectivity index (χ4v) is 7.70. The summed E-state index contributed by atoms with van der Waals surface area (Å²) in [5.41, 5.74) is 1.90. The molecule has 3 aliphatic heterocycles. The number of likely N-dealkylation sites (tertiary alicyclic amines) is 2. The van der Waals surface area contributed by atoms with E-state index >= 15 is 0 Å². The molecule has 1 saturated carbocycles. The Morgan fingerprint density at radius 2 is 1.81 bits per heavy atom. The van der Waals surface area contributed by atoms with E-state index in [1.807, 2.05) is 10.9 Å². The maximum absolute atomic E-state index is 5.50. The molecule has 6 heterocycles. The Morgan fingerprint density at radius 3 is 2.57 bits per heavy atom. The Hall–Kier alpha value is -2.34. The van der Waals surface area contributed by atoms with Crippen molar-refractivity contribution in [3.05, 3.63) is 18.1 Å². The van der Waals surface area contributed by atoms with Gasteiger partial charge in [-0.15, -0.1) is 0 Å². The van der Waals surface area contributed by atoms with Gasteiger partial charge in [0.2, 0.25) is 5.95 Å². The number of ether oxygens (including phenoxy) is 1. The third kappa shape index (κ3) is 4.60. The topological polar surface area (TPSA) is 96.3 Å². The lowest BCUT2D eigenvalue weighted by Crippen LogP contribution is -2.50. The Bertz CT molecular complexity index is 1240. The van der Waals surface area contributed by atoms with Gasteiger partial charge in [-0.05, 0) is 70.4 Å². The predicted molar refractivity (Wildman–Crippen MR) is 146 cm³/mol. The van der Waals surface area contributed by atoms with E-state index in [2.05, 4.69) is 50.1 Å². The van der Waals surface area contributed by atoms with Gasteiger partial charge in [0.15, 0.2) is 4.83 Å². The first-order chi connectivity index (χ1) is 18.1. The van der Waals surface area contributed by atoms with Crippen LogP contribution < -0.4 is 10.6 Å². The van der Waals surface area contributed by atoms with Crippen LogP contribution in [0.2, 0.25) is 0 Å². The van der Waals surface area contributed by atoms with Crippen molar-refractivity contribution in [2.24, 2.45) is 0 Å². The molecule has 2 bridgehead atoms. The molecule has 0 spiro atoms. The van der Waals surface area contributed by atoms with E-state index in [0.29, 0.717) is 18.0 Å². The van der Waals surface area contributed by atoms with Gasteiger partial charge in [-0.1, -0.05) is 0 Å². The summed E-state index contributed by atoms with van der Waals surface area (Å²) in [5.74, 6) is 1.50. The van der Waals surface area contributed by atoms with Crippen LogP contribution in [0.15, 0.2) is 12.4 Å². The van der Waals surface area contributed by atoms with E-state index in [1.54, 1.807) is 0 Å². The second-order valence-electron chi connectivity index (χ2n) is 11.4. The summed E-state index contributed by atoms with van der Waals surface area (Å²) in [6.45, 7) is 6.15. The molecule has 4 fully saturated rings. The number of aryl methyl sites for hydroxylation is 1. The van der Waals surface area contributed by atoms with Gasteiger partial charge in [-0.3, -0.25) is 9.58 Å². The minimum atomic E-state index is 0.390. The molecular formula is C26H37N9OS. The second kappa shape index (κ2) is 9.76. The highest BCUT2D eigenvalue weighted by Crippen LogP contribution is 2.37. The maximum atomic E-state index is 5.50. The smallest absolute Gasteiger partial charge is 0.230 e. The minimum absolute atomic E-state index is 0.390. The molecule has 198 valence electrons. The number of hydrogen-bond acceptors (Lipinski definition) is 10. The molecule has 7 rings (SSSR count). The molecule has 1 aliphatic carbocycles. The standard InChI is InChI=1S/C26H37N9OS/c1-16-23-24(28-17-3-5-19(6-4-17)34-15-21-11-22(34)14-33(21)2)30-26(31-25(23)37-32-16)29-18-12-27-35(13-18)20-7-9-36-10-8-20/h12-13,17,19-22H,3-11,14-15H2,1-2H3,(H2,28,29,30,31)/t17?,19?,21-,22-/m1/s1. The van der Waals surface area contributed by atoms with Gasteiger partial charge in [0.25, 0.3) is 0 Å². The van der Waals surface area contributed by atoms with Crippen molar-refractivity contribution < 1.29 is 4.74 Å². The molecular weight excluding hydrogens is 486 g/mol. The predicted octanol–water partition coefficient (Wildman–Crippen LogP) is 3.80. The molecule has 2 atom stereocenters. The summed E-state index contributed by atoms with van der Waals surface area (Å²) in [5, 5.41) is 12.8. The van der Waals surface area contributed by atoms with Crippen LogP contribution >= 0.6 is 11.5 Å². The Kier molecular flexibility index (Phi) is 6.26. The molecule has 0 radical (unpaired) electrons. The summed E-state index contributed by atoms with van der Waals surface area (Å²) in [6.07, 6.45) is 12.1. The van der Waals surface area contributed by atoms with Crippen molar-refractivity contribution in [3.63, 3.8) is 0 Å². The van der Waals surface area contributed by atoms with Gasteiger partial charge in [0.1, 0.15) is 5.82 Å². The van der Waals surface area contributed by atoms with Crippen molar-refractivity contribution in [2.75, 3.05) is 44.0 Å². The Morgan fingerprint density at radius 1 is 0.973 bits per heavy atom. The van der Waals surface area contributed by atoms with Crippen molar-refractivity contribution in [1.29, 1.82) is 0 Å². The number of anilines is 3. The molecule has 10 nitrogen and oxygen atoms in total. The molecule has 37 heavy (non-hydrogen) atoms. The first-order valence-corrected chi connectivity index (χ1v) is 14.6. The number of aromatic nitrogens is 5. The molecule has 11 heteroatoms. The number of hydrogen-bond donors (Lipinski definition) is 2. The van der Waals surface area contributed by atoms with Gasteiger partial charge >= 0.3 is 0 Å². The highest BCUT2D eigenvalue weighted by atomic mass is 32.1. The SMILES string of the molecule is Cc1nsc2nc(Nc3cnn(C4CCOCC4)c3)nc(NC3CCC(N4C[C@H]5C[C@@H]4CN5C)CC3)c12. The molecule has 3 aromatic heterocycles. The van der Waals surface area contributed by atoms with Crippen molar-refractivity contribution in [1.82, 2.24) is 33.9 Å². The first-order valence-electron chi connectivity index (χ1n) is 13.9. The van der Waals surface area contributed by atoms with E-state index in [-0.39, 0.29) is 0 Å². The van der Waals surface area contributed by atoms with Gasteiger partial charge in [-0.25, -0.2) is 0 Å². The van der Waals surface area contributed by atoms with Crippen LogP contribution in [0, 0.1) is 6.92 Å². The van der Waals surface area contributed by atoms with Gasteiger partial charge in [-0.2, -0.15) is 19.4 Å². The quantitative estimate of drug-likeness (QED) is 0.500. The zero-order valence-corrected chi connectivity index (χ0v) is 22.6. The summed E-state index contributed by atoms with van der Waals surface area (Å²) in [7, 11) is 2.29. The number of likely N-dealkylation sites (N-methyl/N-ethyl adjacent to an activating group) is 1. The largest absolute Gasteiger partial charge is 0.381 e. The summed E-state index contributed by atoms with van der Waals surface area (Å²) in [6, 6.07) is 3.11. The third-order valence-electron chi connectivity index (χ3n) is 8.99. The summed E-state index contributed by atoms with van der Waals surface area (Å²) in [4.78, 5) is 16.0. The monoisotopic (exact) mass is 523 g/mol. The van der Waals surface area contributed by atoms with Crippen LogP contribution in [0.5, 0.6) is 0 Å². The second-order valence-corrected chi connectivity index (χ2v) is 12.1. The highest BCUT2D eigenvalue weighted by molar-refractivity contribution is 7.13. The van der Waals surface area contributed by atoms with Crippen molar-refractivity contribution in [2.45, 2.75) is 82.1 Å². The average molecular weight is 524 g/mol. The zero-order valence-electron chi connectivity index (χ0n) is 21.8. The number of nitrogens with one attached hydrogen (secondary N) is 2. The molecule has 4 aliphatic rings. The first kappa shape index (κ1) is 23.8. The molecule has 2 N–H and O–H groups in total. The number of fused-ring (bicyclic) bond motifs is 3. The Labute approximate surface area is 221 Å². The fraction of sp³-hybridized carbons (Fsp3) is 0.692. The highest BCUT2D eigenvalue weighted by Gasteiger charge is 2.44. The van der Waals surface area contributed by atoms with Crippen LogP contribution in [0.3, 0.4) is 0 Å². The molecule has 3 saturated heterocycles. The minimum Gasteiger partial charge on any atom is -0.381 e. The molecule has 0 unspecified atom stereocenters. The van der Waals surface area contributed by atoms with Crippen LogP contribution in [0.25, 0.3) is 10.2 Å². The van der Waals surface area contributed by atoms with E-state index in [0.717, 1.165) is 71.6 Å². The van der Waals surface area contributed by atoms with Crippen LogP contribution in [-0.2, 0) is 4.74 Å². The van der Waals surface area contributed by atoms with E-state index in [9.17, 15) is 0 Å². The van der Waals surface area contributed by atoms with Gasteiger partial charge in [0, 0.05) is 56.7 Å². The summed E-state index contributed by atoms with van der Waals surface area (Å²) < 4.78 is 12.1. The molecule has 0 aromatic carbocycles. The molecule has 0 amide bonds. The fourth-order valence-electron chi connectivity index (χ4n) is 6.92. The lowest BCUT2D eigenvalue weighted by atomic mass is 9.89. The van der Waals surface area contributed by atoms with E-state index in [1.165, 1.54) is 56.7 Å². The summed E-state index contributed by atoms with van der Waals surface area (Å²) >= 11 is 1.44. The van der Waals surface area contributed by atoms with Gasteiger partial charge < -0.3 is 20.3 Å².